The van der Waals surface area contributed by atoms with Gasteiger partial charge in [0.25, 0.3) is 0 Å². The van der Waals surface area contributed by atoms with Gasteiger partial charge >= 0.3 is 0 Å². The number of benzene rings is 2. The minimum atomic E-state index is -0.416. The molecular weight excluding hydrogens is 265 g/mol. The van der Waals surface area contributed by atoms with Gasteiger partial charge < -0.3 is 10.4 Å². The van der Waals surface area contributed by atoms with Crippen LogP contribution in [-0.4, -0.2) is 11.1 Å². The molecule has 0 amide bonds. The predicted molar refractivity (Wildman–Crippen MR) is 83.8 cm³/mol. The van der Waals surface area contributed by atoms with Gasteiger partial charge in [0.2, 0.25) is 0 Å². The van der Waals surface area contributed by atoms with Gasteiger partial charge in [-0.05, 0) is 38.3 Å². The monoisotopic (exact) mass is 287 g/mol. The quantitative estimate of drug-likeness (QED) is 0.834. The lowest BCUT2D eigenvalue weighted by molar-refractivity contribution is 0.422. The van der Waals surface area contributed by atoms with Gasteiger partial charge in [-0.1, -0.05) is 36.4 Å². The predicted octanol–water partition coefficient (Wildman–Crippen LogP) is 4.20. The van der Waals surface area contributed by atoms with E-state index in [2.05, 4.69) is 24.4 Å². The van der Waals surface area contributed by atoms with E-state index in [1.807, 2.05) is 25.1 Å². The zero-order chi connectivity index (χ0) is 15.2. The van der Waals surface area contributed by atoms with Crippen LogP contribution in [0.2, 0.25) is 0 Å². The van der Waals surface area contributed by atoms with Crippen molar-refractivity contribution in [2.45, 2.75) is 38.8 Å². The summed E-state index contributed by atoms with van der Waals surface area (Å²) in [7, 11) is 0. The molecule has 0 bridgehead atoms. The molecule has 2 N–H and O–H groups in total. The Balaban J connectivity index is 1.88. The molecule has 0 radical (unpaired) electrons. The summed E-state index contributed by atoms with van der Waals surface area (Å²) in [6, 6.07) is 14.8. The van der Waals surface area contributed by atoms with E-state index in [4.69, 9.17) is 0 Å². The molecule has 0 aliphatic carbocycles. The third-order valence-corrected chi connectivity index (χ3v) is 3.70. The minimum Gasteiger partial charge on any atom is -0.508 e. The number of hydrogen-bond donors (Lipinski definition) is 2. The molecule has 112 valence electrons. The summed E-state index contributed by atoms with van der Waals surface area (Å²) in [5.41, 5.74) is 2.05. The number of rotatable bonds is 6. The van der Waals surface area contributed by atoms with Gasteiger partial charge in [0.15, 0.2) is 0 Å². The van der Waals surface area contributed by atoms with Crippen molar-refractivity contribution in [3.63, 3.8) is 0 Å². The van der Waals surface area contributed by atoms with Crippen molar-refractivity contribution >= 4 is 0 Å². The number of phenols is 1. The first-order chi connectivity index (χ1) is 10.1. The summed E-state index contributed by atoms with van der Waals surface area (Å²) in [6.45, 7) is 4.10. The van der Waals surface area contributed by atoms with Crippen molar-refractivity contribution in [3.8, 4) is 5.75 Å². The van der Waals surface area contributed by atoms with Gasteiger partial charge in [0, 0.05) is 23.7 Å². The first-order valence-corrected chi connectivity index (χ1v) is 7.34. The number of nitrogens with one attached hydrogen (secondary N) is 1. The van der Waals surface area contributed by atoms with Gasteiger partial charge in [-0.15, -0.1) is 0 Å². The van der Waals surface area contributed by atoms with Crippen LogP contribution in [-0.2, 0) is 6.42 Å². The first kappa shape index (κ1) is 15.5. The van der Waals surface area contributed by atoms with E-state index in [9.17, 15) is 9.50 Å². The van der Waals surface area contributed by atoms with E-state index >= 15 is 0 Å². The van der Waals surface area contributed by atoms with E-state index in [0.717, 1.165) is 24.5 Å². The summed E-state index contributed by atoms with van der Waals surface area (Å²) in [5.74, 6) is -0.411. The maximum atomic E-state index is 13.0. The summed E-state index contributed by atoms with van der Waals surface area (Å²) >= 11 is 0. The molecule has 0 fully saturated rings. The lowest BCUT2D eigenvalue weighted by Gasteiger charge is -2.21. The highest BCUT2D eigenvalue weighted by atomic mass is 19.1. The summed E-state index contributed by atoms with van der Waals surface area (Å²) < 4.78 is 13.0. The number of phenolic OH excluding ortho intramolecular Hbond substituents is 1. The molecule has 21 heavy (non-hydrogen) atoms. The van der Waals surface area contributed by atoms with E-state index in [1.54, 1.807) is 6.07 Å². The van der Waals surface area contributed by atoms with Crippen molar-refractivity contribution in [1.29, 1.82) is 0 Å². The van der Waals surface area contributed by atoms with Crippen molar-refractivity contribution < 1.29 is 9.50 Å². The molecule has 2 rings (SSSR count). The van der Waals surface area contributed by atoms with Gasteiger partial charge in [0.05, 0.1) is 0 Å². The molecule has 2 atom stereocenters. The molecule has 0 saturated carbocycles. The summed E-state index contributed by atoms with van der Waals surface area (Å²) in [6.07, 6.45) is 2.02. The largest absolute Gasteiger partial charge is 0.508 e. The first-order valence-electron chi connectivity index (χ1n) is 7.34. The molecule has 0 aliphatic rings. The Bertz CT molecular complexity index is 571. The van der Waals surface area contributed by atoms with Crippen LogP contribution in [0, 0.1) is 5.82 Å². The highest BCUT2D eigenvalue weighted by molar-refractivity contribution is 5.34. The fourth-order valence-corrected chi connectivity index (χ4v) is 2.51. The van der Waals surface area contributed by atoms with Gasteiger partial charge in [-0.3, -0.25) is 0 Å². The average molecular weight is 287 g/mol. The van der Waals surface area contributed by atoms with Crippen molar-refractivity contribution in [2.24, 2.45) is 0 Å². The highest BCUT2D eigenvalue weighted by Crippen LogP contribution is 2.25. The van der Waals surface area contributed by atoms with E-state index in [1.165, 1.54) is 11.6 Å². The molecule has 0 saturated heterocycles. The van der Waals surface area contributed by atoms with Gasteiger partial charge in [-0.25, -0.2) is 4.39 Å². The van der Waals surface area contributed by atoms with Gasteiger partial charge in [-0.2, -0.15) is 0 Å². The second kappa shape index (κ2) is 7.23. The number of halogens is 1. The average Bonchev–Trinajstić information content (AvgIpc) is 2.46. The normalized spacial score (nSPS) is 13.9. The Morgan fingerprint density at radius 3 is 2.48 bits per heavy atom. The molecule has 2 nitrogen and oxygen atoms in total. The molecule has 2 aromatic rings. The fraction of sp³-hybridized carbons (Fsp3) is 0.333. The van der Waals surface area contributed by atoms with Crippen LogP contribution >= 0.6 is 0 Å². The van der Waals surface area contributed by atoms with Crippen molar-refractivity contribution in [1.82, 2.24) is 5.32 Å². The zero-order valence-corrected chi connectivity index (χ0v) is 12.5. The minimum absolute atomic E-state index is 0.00487. The lowest BCUT2D eigenvalue weighted by Crippen LogP contribution is -2.29. The van der Waals surface area contributed by atoms with Crippen LogP contribution in [0.4, 0.5) is 4.39 Å². The Labute approximate surface area is 125 Å². The third-order valence-electron chi connectivity index (χ3n) is 3.70. The molecular formula is C18H22FNO. The molecule has 2 unspecified atom stereocenters. The smallest absolute Gasteiger partial charge is 0.126 e. The summed E-state index contributed by atoms with van der Waals surface area (Å²) in [5, 5.41) is 13.2. The zero-order valence-electron chi connectivity index (χ0n) is 12.5. The van der Waals surface area contributed by atoms with Crippen LogP contribution in [0.3, 0.4) is 0 Å². The maximum Gasteiger partial charge on any atom is 0.126 e. The molecule has 3 heteroatoms. The Morgan fingerprint density at radius 1 is 1.10 bits per heavy atom. The number of aromatic hydroxyl groups is 1. The van der Waals surface area contributed by atoms with Crippen LogP contribution in [0.15, 0.2) is 48.5 Å². The van der Waals surface area contributed by atoms with Crippen LogP contribution in [0.5, 0.6) is 5.75 Å². The second-order valence-electron chi connectivity index (χ2n) is 5.52. The van der Waals surface area contributed by atoms with E-state index in [0.29, 0.717) is 6.04 Å². The van der Waals surface area contributed by atoms with Crippen molar-refractivity contribution in [2.75, 3.05) is 0 Å². The van der Waals surface area contributed by atoms with E-state index in [-0.39, 0.29) is 11.8 Å². The number of hydrogen-bond acceptors (Lipinski definition) is 2. The molecule has 2 aromatic carbocycles. The second-order valence-corrected chi connectivity index (χ2v) is 5.52. The Hall–Kier alpha value is -1.87. The maximum absolute atomic E-state index is 13.0. The van der Waals surface area contributed by atoms with Crippen LogP contribution < -0.4 is 5.32 Å². The van der Waals surface area contributed by atoms with E-state index < -0.39 is 5.82 Å². The highest BCUT2D eigenvalue weighted by Gasteiger charge is 2.13. The summed E-state index contributed by atoms with van der Waals surface area (Å²) in [4.78, 5) is 0. The third kappa shape index (κ3) is 4.57. The van der Waals surface area contributed by atoms with Gasteiger partial charge in [0.1, 0.15) is 11.6 Å². The standard InChI is InChI=1S/C18H22FNO/c1-13(8-9-15-6-4-3-5-7-15)20-14(2)17-11-10-16(19)12-18(17)21/h3-7,10-14,20-21H,8-9H2,1-2H3. The van der Waals surface area contributed by atoms with Crippen molar-refractivity contribution in [3.05, 3.63) is 65.5 Å². The Morgan fingerprint density at radius 2 is 1.81 bits per heavy atom. The Kier molecular flexibility index (Phi) is 5.34. The lowest BCUT2D eigenvalue weighted by atomic mass is 10.0. The molecule has 0 spiro atoms. The molecule has 0 aromatic heterocycles. The fourth-order valence-electron chi connectivity index (χ4n) is 2.51. The SMILES string of the molecule is CC(CCc1ccccc1)NC(C)c1ccc(F)cc1O. The molecule has 0 aliphatic heterocycles. The number of aryl methyl sites for hydroxylation is 1. The van der Waals surface area contributed by atoms with Crippen LogP contribution in [0.25, 0.3) is 0 Å². The van der Waals surface area contributed by atoms with Crippen LogP contribution in [0.1, 0.15) is 37.4 Å². The molecule has 0 heterocycles. The topological polar surface area (TPSA) is 32.3 Å².